The predicted molar refractivity (Wildman–Crippen MR) is 99.7 cm³/mol. The highest BCUT2D eigenvalue weighted by Crippen LogP contribution is 2.18. The summed E-state index contributed by atoms with van der Waals surface area (Å²) in [7, 11) is 0. The monoisotopic (exact) mass is 325 g/mol. The summed E-state index contributed by atoms with van der Waals surface area (Å²) >= 11 is 0. The minimum absolute atomic E-state index is 0.143. The summed E-state index contributed by atoms with van der Waals surface area (Å²) in [5.74, 6) is 0.584. The molecule has 0 aromatic heterocycles. The number of amides is 1. The molecule has 0 saturated carbocycles. The van der Waals surface area contributed by atoms with Gasteiger partial charge in [-0.25, -0.2) is 0 Å². The summed E-state index contributed by atoms with van der Waals surface area (Å²) in [6.45, 7) is 7.99. The van der Waals surface area contributed by atoms with Crippen molar-refractivity contribution in [2.75, 3.05) is 5.32 Å². The van der Waals surface area contributed by atoms with Crippen molar-refractivity contribution in [3.63, 3.8) is 0 Å². The van der Waals surface area contributed by atoms with E-state index >= 15 is 0 Å². The Labute approximate surface area is 145 Å². The first-order valence-corrected chi connectivity index (χ1v) is 8.62. The van der Waals surface area contributed by atoms with E-state index in [0.29, 0.717) is 0 Å². The van der Waals surface area contributed by atoms with Crippen molar-refractivity contribution in [2.24, 2.45) is 0 Å². The van der Waals surface area contributed by atoms with Crippen LogP contribution in [0.3, 0.4) is 0 Å². The average Bonchev–Trinajstić information content (AvgIpc) is 2.53. The molecule has 0 saturated heterocycles. The number of rotatable bonds is 7. The molecule has 1 N–H and O–H groups in total. The van der Waals surface area contributed by atoms with Gasteiger partial charge in [0.2, 0.25) is 0 Å². The Balaban J connectivity index is 1.93. The molecule has 3 heteroatoms. The maximum Gasteiger partial charge on any atom is 0.265 e. The highest BCUT2D eigenvalue weighted by atomic mass is 16.5. The maximum atomic E-state index is 12.3. The van der Waals surface area contributed by atoms with Gasteiger partial charge in [0.25, 0.3) is 5.91 Å². The zero-order chi connectivity index (χ0) is 17.5. The van der Waals surface area contributed by atoms with Crippen molar-refractivity contribution >= 4 is 11.6 Å². The van der Waals surface area contributed by atoms with Crippen LogP contribution in [0.2, 0.25) is 0 Å². The first-order valence-electron chi connectivity index (χ1n) is 8.62. The molecule has 0 bridgehead atoms. The molecule has 0 unspecified atom stereocenters. The van der Waals surface area contributed by atoms with Gasteiger partial charge < -0.3 is 10.1 Å². The highest BCUT2D eigenvalue weighted by Gasteiger charge is 2.15. The van der Waals surface area contributed by atoms with E-state index in [1.807, 2.05) is 38.1 Å². The number of nitrogens with one attached hydrogen (secondary N) is 1. The molecule has 0 fully saturated rings. The quantitative estimate of drug-likeness (QED) is 0.773. The molecular weight excluding hydrogens is 298 g/mol. The smallest absolute Gasteiger partial charge is 0.265 e. The predicted octanol–water partition coefficient (Wildman–Crippen LogP) is 5.05. The minimum Gasteiger partial charge on any atom is -0.481 e. The van der Waals surface area contributed by atoms with Crippen LogP contribution in [0.1, 0.15) is 43.4 Å². The van der Waals surface area contributed by atoms with Crippen molar-refractivity contribution in [3.05, 3.63) is 59.2 Å². The molecule has 0 aliphatic rings. The molecular formula is C21H27NO2. The fourth-order valence-corrected chi connectivity index (χ4v) is 2.64. The van der Waals surface area contributed by atoms with Gasteiger partial charge in [0.1, 0.15) is 5.75 Å². The van der Waals surface area contributed by atoms with Gasteiger partial charge in [0.15, 0.2) is 6.10 Å². The molecule has 0 spiro atoms. The van der Waals surface area contributed by atoms with E-state index in [-0.39, 0.29) is 5.91 Å². The van der Waals surface area contributed by atoms with Crippen LogP contribution in [0.4, 0.5) is 5.69 Å². The summed E-state index contributed by atoms with van der Waals surface area (Å²) in [4.78, 5) is 12.3. The van der Waals surface area contributed by atoms with Gasteiger partial charge in [0.05, 0.1) is 0 Å². The number of carbonyl (C=O) groups excluding carboxylic acids is 1. The van der Waals surface area contributed by atoms with Gasteiger partial charge in [-0.3, -0.25) is 4.79 Å². The molecule has 2 rings (SSSR count). The van der Waals surface area contributed by atoms with Crippen LogP contribution in [0.15, 0.2) is 42.5 Å². The van der Waals surface area contributed by atoms with Crippen LogP contribution in [0.25, 0.3) is 0 Å². The molecule has 2 aromatic rings. The van der Waals surface area contributed by atoms with Crippen molar-refractivity contribution in [1.29, 1.82) is 0 Å². The second-order valence-electron chi connectivity index (χ2n) is 6.37. The molecule has 2 aromatic carbocycles. The van der Waals surface area contributed by atoms with Crippen LogP contribution < -0.4 is 10.1 Å². The van der Waals surface area contributed by atoms with Crippen LogP contribution in [0, 0.1) is 13.8 Å². The number of hydrogen-bond acceptors (Lipinski definition) is 2. The van der Waals surface area contributed by atoms with E-state index < -0.39 is 6.10 Å². The SMILES string of the molecule is CCCCc1ccc(NC(=O)[C@@H](C)Oc2cc(C)cc(C)c2)cc1. The number of hydrogen-bond donors (Lipinski definition) is 1. The molecule has 128 valence electrons. The van der Waals surface area contributed by atoms with Crippen LogP contribution in [-0.4, -0.2) is 12.0 Å². The number of anilines is 1. The van der Waals surface area contributed by atoms with Gasteiger partial charge in [-0.05, 0) is 74.6 Å². The van der Waals surface area contributed by atoms with E-state index in [2.05, 4.69) is 30.4 Å². The van der Waals surface area contributed by atoms with Gasteiger partial charge in [-0.1, -0.05) is 31.5 Å². The van der Waals surface area contributed by atoms with Crippen molar-refractivity contribution in [1.82, 2.24) is 0 Å². The summed E-state index contributed by atoms with van der Waals surface area (Å²) in [6, 6.07) is 14.0. The Morgan fingerprint density at radius 2 is 1.71 bits per heavy atom. The molecule has 0 aliphatic carbocycles. The molecule has 3 nitrogen and oxygen atoms in total. The summed E-state index contributed by atoms with van der Waals surface area (Å²) in [6.07, 6.45) is 2.90. The third-order valence-corrected chi connectivity index (χ3v) is 3.92. The maximum absolute atomic E-state index is 12.3. The van der Waals surface area contributed by atoms with Gasteiger partial charge in [-0.15, -0.1) is 0 Å². The van der Waals surface area contributed by atoms with E-state index in [9.17, 15) is 4.79 Å². The highest BCUT2D eigenvalue weighted by molar-refractivity contribution is 5.94. The average molecular weight is 325 g/mol. The summed E-state index contributed by atoms with van der Waals surface area (Å²) < 4.78 is 5.77. The first kappa shape index (κ1) is 18.1. The largest absolute Gasteiger partial charge is 0.481 e. The second kappa shape index (κ2) is 8.53. The lowest BCUT2D eigenvalue weighted by Gasteiger charge is -2.16. The third kappa shape index (κ3) is 5.41. The van der Waals surface area contributed by atoms with Crippen molar-refractivity contribution in [3.8, 4) is 5.75 Å². The number of ether oxygens (including phenoxy) is 1. The second-order valence-corrected chi connectivity index (χ2v) is 6.37. The molecule has 1 atom stereocenters. The Bertz CT molecular complexity index is 656. The lowest BCUT2D eigenvalue weighted by Crippen LogP contribution is -2.30. The topological polar surface area (TPSA) is 38.3 Å². The molecule has 0 radical (unpaired) electrons. The summed E-state index contributed by atoms with van der Waals surface area (Å²) in [5.41, 5.74) is 4.35. The van der Waals surface area contributed by atoms with Gasteiger partial charge in [-0.2, -0.15) is 0 Å². The van der Waals surface area contributed by atoms with Crippen LogP contribution in [0.5, 0.6) is 5.75 Å². The lowest BCUT2D eigenvalue weighted by molar-refractivity contribution is -0.122. The zero-order valence-corrected chi connectivity index (χ0v) is 15.1. The van der Waals surface area contributed by atoms with E-state index in [4.69, 9.17) is 4.74 Å². The molecule has 1 amide bonds. The Hall–Kier alpha value is -2.29. The normalized spacial score (nSPS) is 11.8. The van der Waals surface area contributed by atoms with Gasteiger partial charge >= 0.3 is 0 Å². The molecule has 24 heavy (non-hydrogen) atoms. The van der Waals surface area contributed by atoms with Crippen molar-refractivity contribution in [2.45, 2.75) is 53.1 Å². The number of benzene rings is 2. The van der Waals surface area contributed by atoms with E-state index in [0.717, 1.165) is 29.0 Å². The fourth-order valence-electron chi connectivity index (χ4n) is 2.64. The summed E-state index contributed by atoms with van der Waals surface area (Å²) in [5, 5.41) is 2.91. The van der Waals surface area contributed by atoms with E-state index in [1.54, 1.807) is 6.92 Å². The Morgan fingerprint density at radius 3 is 2.29 bits per heavy atom. The van der Waals surface area contributed by atoms with E-state index in [1.165, 1.54) is 18.4 Å². The fraction of sp³-hybridized carbons (Fsp3) is 0.381. The van der Waals surface area contributed by atoms with Crippen LogP contribution in [-0.2, 0) is 11.2 Å². The Kier molecular flexibility index (Phi) is 6.42. The number of unbranched alkanes of at least 4 members (excludes halogenated alkanes) is 1. The van der Waals surface area contributed by atoms with Crippen molar-refractivity contribution < 1.29 is 9.53 Å². The Morgan fingerprint density at radius 1 is 1.08 bits per heavy atom. The molecule has 0 heterocycles. The lowest BCUT2D eigenvalue weighted by atomic mass is 10.1. The third-order valence-electron chi connectivity index (χ3n) is 3.92. The van der Waals surface area contributed by atoms with Crippen LogP contribution >= 0.6 is 0 Å². The first-order chi connectivity index (χ1) is 11.5. The minimum atomic E-state index is -0.550. The number of carbonyl (C=O) groups is 1. The zero-order valence-electron chi connectivity index (χ0n) is 15.1. The standard InChI is InChI=1S/C21H27NO2/c1-5-6-7-18-8-10-19(11-9-18)22-21(23)17(4)24-20-13-15(2)12-16(3)14-20/h8-14,17H,5-7H2,1-4H3,(H,22,23)/t17-/m1/s1. The van der Waals surface area contributed by atoms with Gasteiger partial charge in [0, 0.05) is 5.69 Å². The molecule has 0 aliphatic heterocycles. The number of aryl methyl sites for hydroxylation is 3.